The largest absolute Gasteiger partial charge is 0.355 e. The van der Waals surface area contributed by atoms with Gasteiger partial charge in [-0.3, -0.25) is 4.79 Å². The highest BCUT2D eigenvalue weighted by Gasteiger charge is 2.36. The molecule has 1 saturated heterocycles. The standard InChI is InChI=1S/C17H26N4O/c1-12(2)21(11-14-10-13(14)3)17(22)15-6-7-16(19-18-15)20-8-4-5-9-20/h6-7,12-14H,4-5,8-11H2,1-3H3/t13-,14+/m0/s1. The minimum atomic E-state index is 0.00886. The molecule has 0 radical (unpaired) electrons. The number of carbonyl (C=O) groups is 1. The Morgan fingerprint density at radius 1 is 1.32 bits per heavy atom. The van der Waals surface area contributed by atoms with Gasteiger partial charge >= 0.3 is 0 Å². The minimum absolute atomic E-state index is 0.00886. The Kier molecular flexibility index (Phi) is 4.32. The van der Waals surface area contributed by atoms with Crippen LogP contribution in [0.15, 0.2) is 12.1 Å². The fourth-order valence-corrected chi connectivity index (χ4v) is 3.14. The van der Waals surface area contributed by atoms with Gasteiger partial charge in [0.15, 0.2) is 11.5 Å². The molecule has 22 heavy (non-hydrogen) atoms. The molecule has 0 bridgehead atoms. The molecule has 1 saturated carbocycles. The van der Waals surface area contributed by atoms with Crippen molar-refractivity contribution in [3.05, 3.63) is 17.8 Å². The number of hydrogen-bond donors (Lipinski definition) is 0. The number of amides is 1. The summed E-state index contributed by atoms with van der Waals surface area (Å²) in [6, 6.07) is 3.96. The highest BCUT2D eigenvalue weighted by molar-refractivity contribution is 5.92. The molecule has 0 unspecified atom stereocenters. The Morgan fingerprint density at radius 3 is 2.50 bits per heavy atom. The van der Waals surface area contributed by atoms with Gasteiger partial charge < -0.3 is 9.80 Å². The Morgan fingerprint density at radius 2 is 2.00 bits per heavy atom. The average Bonchev–Trinajstić information content (AvgIpc) is 2.99. The van der Waals surface area contributed by atoms with Crippen molar-refractivity contribution in [2.45, 2.75) is 46.1 Å². The van der Waals surface area contributed by atoms with Crippen LogP contribution in [-0.4, -0.2) is 46.7 Å². The van der Waals surface area contributed by atoms with E-state index in [-0.39, 0.29) is 11.9 Å². The molecule has 1 amide bonds. The summed E-state index contributed by atoms with van der Waals surface area (Å²) in [6.45, 7) is 9.30. The van der Waals surface area contributed by atoms with E-state index < -0.39 is 0 Å². The van der Waals surface area contributed by atoms with Gasteiger partial charge in [-0.25, -0.2) is 0 Å². The predicted molar refractivity (Wildman–Crippen MR) is 86.9 cm³/mol. The summed E-state index contributed by atoms with van der Waals surface area (Å²) in [7, 11) is 0. The van der Waals surface area contributed by atoms with Crippen molar-refractivity contribution in [2.24, 2.45) is 11.8 Å². The summed E-state index contributed by atoms with van der Waals surface area (Å²) in [6.07, 6.45) is 3.65. The maximum absolute atomic E-state index is 12.7. The zero-order chi connectivity index (χ0) is 15.7. The molecule has 2 atom stereocenters. The summed E-state index contributed by atoms with van der Waals surface area (Å²) >= 11 is 0. The summed E-state index contributed by atoms with van der Waals surface area (Å²) in [5, 5.41) is 8.45. The summed E-state index contributed by atoms with van der Waals surface area (Å²) < 4.78 is 0. The van der Waals surface area contributed by atoms with Crippen LogP contribution >= 0.6 is 0 Å². The van der Waals surface area contributed by atoms with E-state index in [4.69, 9.17) is 0 Å². The van der Waals surface area contributed by atoms with Gasteiger partial charge in [-0.2, -0.15) is 0 Å². The normalized spacial score (nSPS) is 23.9. The molecule has 1 aliphatic carbocycles. The molecule has 5 nitrogen and oxygen atoms in total. The van der Waals surface area contributed by atoms with Gasteiger partial charge in [0.1, 0.15) is 0 Å². The van der Waals surface area contributed by atoms with Gasteiger partial charge in [-0.1, -0.05) is 6.92 Å². The Balaban J connectivity index is 1.69. The van der Waals surface area contributed by atoms with Crippen LogP contribution in [0.1, 0.15) is 50.5 Å². The van der Waals surface area contributed by atoms with Crippen molar-refractivity contribution in [3.63, 3.8) is 0 Å². The first kappa shape index (κ1) is 15.3. The van der Waals surface area contributed by atoms with Crippen LogP contribution in [0.4, 0.5) is 5.82 Å². The van der Waals surface area contributed by atoms with E-state index in [9.17, 15) is 4.79 Å². The smallest absolute Gasteiger partial charge is 0.274 e. The van der Waals surface area contributed by atoms with Crippen molar-refractivity contribution >= 4 is 11.7 Å². The van der Waals surface area contributed by atoms with Gasteiger partial charge in [0.2, 0.25) is 0 Å². The summed E-state index contributed by atoms with van der Waals surface area (Å²) in [5.74, 6) is 2.30. The molecule has 2 heterocycles. The van der Waals surface area contributed by atoms with Crippen molar-refractivity contribution in [3.8, 4) is 0 Å². The van der Waals surface area contributed by atoms with Crippen LogP contribution in [0.3, 0.4) is 0 Å². The SMILES string of the molecule is CC(C)N(C[C@H]1C[C@@H]1C)C(=O)c1ccc(N2CCCC2)nn1. The number of aromatic nitrogens is 2. The van der Waals surface area contributed by atoms with E-state index in [1.807, 2.05) is 17.0 Å². The lowest BCUT2D eigenvalue weighted by Crippen LogP contribution is -2.39. The van der Waals surface area contributed by atoms with Gasteiger partial charge in [0.25, 0.3) is 5.91 Å². The monoisotopic (exact) mass is 302 g/mol. The topological polar surface area (TPSA) is 49.3 Å². The number of rotatable bonds is 5. The molecule has 1 aliphatic heterocycles. The van der Waals surface area contributed by atoms with Crippen molar-refractivity contribution in [1.29, 1.82) is 0 Å². The minimum Gasteiger partial charge on any atom is -0.355 e. The van der Waals surface area contributed by atoms with Gasteiger partial charge in [-0.15, -0.1) is 10.2 Å². The molecule has 1 aromatic heterocycles. The zero-order valence-electron chi connectivity index (χ0n) is 13.8. The van der Waals surface area contributed by atoms with E-state index in [0.29, 0.717) is 11.6 Å². The molecule has 2 aliphatic rings. The van der Waals surface area contributed by atoms with E-state index >= 15 is 0 Å². The molecule has 0 spiro atoms. The highest BCUT2D eigenvalue weighted by Crippen LogP contribution is 2.38. The van der Waals surface area contributed by atoms with Crippen LogP contribution < -0.4 is 4.90 Å². The Labute approximate surface area is 132 Å². The fourth-order valence-electron chi connectivity index (χ4n) is 3.14. The first-order valence-corrected chi connectivity index (χ1v) is 8.46. The third-order valence-electron chi connectivity index (χ3n) is 4.89. The van der Waals surface area contributed by atoms with E-state index in [1.54, 1.807) is 0 Å². The van der Waals surface area contributed by atoms with Crippen molar-refractivity contribution in [2.75, 3.05) is 24.5 Å². The lowest BCUT2D eigenvalue weighted by Gasteiger charge is -2.26. The quantitative estimate of drug-likeness (QED) is 0.839. The summed E-state index contributed by atoms with van der Waals surface area (Å²) in [5.41, 5.74) is 0.463. The molecule has 2 fully saturated rings. The van der Waals surface area contributed by atoms with E-state index in [2.05, 4.69) is 35.9 Å². The first-order valence-electron chi connectivity index (χ1n) is 8.46. The molecular weight excluding hydrogens is 276 g/mol. The zero-order valence-corrected chi connectivity index (χ0v) is 13.8. The Bertz CT molecular complexity index is 522. The lowest BCUT2D eigenvalue weighted by atomic mass is 10.2. The number of carbonyl (C=O) groups excluding carboxylic acids is 1. The Hall–Kier alpha value is -1.65. The predicted octanol–water partition coefficient (Wildman–Crippen LogP) is 2.58. The maximum Gasteiger partial charge on any atom is 0.274 e. The molecule has 0 N–H and O–H groups in total. The molecule has 1 aromatic rings. The highest BCUT2D eigenvalue weighted by atomic mass is 16.2. The number of anilines is 1. The van der Waals surface area contributed by atoms with E-state index in [0.717, 1.165) is 31.4 Å². The van der Waals surface area contributed by atoms with Crippen LogP contribution in [0.2, 0.25) is 0 Å². The third-order valence-corrected chi connectivity index (χ3v) is 4.89. The van der Waals surface area contributed by atoms with Crippen LogP contribution in [0.25, 0.3) is 0 Å². The van der Waals surface area contributed by atoms with Crippen molar-refractivity contribution in [1.82, 2.24) is 15.1 Å². The number of hydrogen-bond acceptors (Lipinski definition) is 4. The van der Waals surface area contributed by atoms with Crippen molar-refractivity contribution < 1.29 is 4.79 Å². The van der Waals surface area contributed by atoms with Crippen LogP contribution in [-0.2, 0) is 0 Å². The lowest BCUT2D eigenvalue weighted by molar-refractivity contribution is 0.0686. The average molecular weight is 302 g/mol. The molecule has 3 rings (SSSR count). The second kappa shape index (κ2) is 6.23. The molecule has 5 heteroatoms. The van der Waals surface area contributed by atoms with Gasteiger partial charge in [0.05, 0.1) is 0 Å². The number of nitrogens with zero attached hydrogens (tertiary/aromatic N) is 4. The van der Waals surface area contributed by atoms with Gasteiger partial charge in [0, 0.05) is 25.7 Å². The second-order valence-electron chi connectivity index (χ2n) is 7.00. The van der Waals surface area contributed by atoms with Crippen LogP contribution in [0.5, 0.6) is 0 Å². The fraction of sp³-hybridized carbons (Fsp3) is 0.706. The van der Waals surface area contributed by atoms with Gasteiger partial charge in [-0.05, 0) is 57.1 Å². The molecular formula is C17H26N4O. The second-order valence-corrected chi connectivity index (χ2v) is 7.00. The molecule has 120 valence electrons. The maximum atomic E-state index is 12.7. The third kappa shape index (κ3) is 3.23. The first-order chi connectivity index (χ1) is 10.6. The van der Waals surface area contributed by atoms with Crippen LogP contribution in [0, 0.1) is 11.8 Å². The van der Waals surface area contributed by atoms with E-state index in [1.165, 1.54) is 19.3 Å². The molecule has 0 aromatic carbocycles. The summed E-state index contributed by atoms with van der Waals surface area (Å²) in [4.78, 5) is 16.9.